The highest BCUT2D eigenvalue weighted by Gasteiger charge is 2.31. The van der Waals surface area contributed by atoms with Crippen LogP contribution in [0.4, 0.5) is 0 Å². The molecule has 3 aromatic rings. The smallest absolute Gasteiger partial charge is 0.144 e. The standard InChI is InChI=1S/C25H26N6O3/c26-30-28-25(29-31-27)24(34-18-22-14-8-3-9-15-22)23(33-17-21-12-6-2-7-13-21)19-32-16-20-10-4-1-5-11-20/h1-15,23-25H,16-19H2/t23-,24-/m1/s1. The van der Waals surface area contributed by atoms with Crippen LogP contribution in [0.3, 0.4) is 0 Å². The van der Waals surface area contributed by atoms with Crippen molar-refractivity contribution in [3.05, 3.63) is 129 Å². The van der Waals surface area contributed by atoms with Crippen LogP contribution in [0.2, 0.25) is 0 Å². The zero-order valence-corrected chi connectivity index (χ0v) is 18.6. The highest BCUT2D eigenvalue weighted by molar-refractivity contribution is 5.15. The molecule has 0 amide bonds. The fourth-order valence-electron chi connectivity index (χ4n) is 3.29. The molecule has 0 N–H and O–H groups in total. The van der Waals surface area contributed by atoms with Crippen molar-refractivity contribution >= 4 is 0 Å². The van der Waals surface area contributed by atoms with E-state index in [0.717, 1.165) is 16.7 Å². The van der Waals surface area contributed by atoms with Gasteiger partial charge >= 0.3 is 0 Å². The fourth-order valence-corrected chi connectivity index (χ4v) is 3.29. The third-order valence-electron chi connectivity index (χ3n) is 4.99. The fraction of sp³-hybridized carbons (Fsp3) is 0.280. The molecule has 0 radical (unpaired) electrons. The van der Waals surface area contributed by atoms with Crippen LogP contribution >= 0.6 is 0 Å². The molecule has 0 spiro atoms. The van der Waals surface area contributed by atoms with Crippen molar-refractivity contribution in [2.75, 3.05) is 6.61 Å². The quantitative estimate of drug-likeness (QED) is 0.159. The highest BCUT2D eigenvalue weighted by Crippen LogP contribution is 2.19. The predicted molar refractivity (Wildman–Crippen MR) is 128 cm³/mol. The molecule has 0 aromatic heterocycles. The van der Waals surface area contributed by atoms with Gasteiger partial charge in [-0.1, -0.05) is 101 Å². The van der Waals surface area contributed by atoms with E-state index in [0.29, 0.717) is 6.61 Å². The van der Waals surface area contributed by atoms with Crippen LogP contribution < -0.4 is 0 Å². The van der Waals surface area contributed by atoms with Gasteiger partial charge in [0.05, 0.1) is 26.4 Å². The average Bonchev–Trinajstić information content (AvgIpc) is 2.89. The van der Waals surface area contributed by atoms with Crippen molar-refractivity contribution in [3.63, 3.8) is 0 Å². The summed E-state index contributed by atoms with van der Waals surface area (Å²) in [6, 6.07) is 28.9. The summed E-state index contributed by atoms with van der Waals surface area (Å²) >= 11 is 0. The number of benzene rings is 3. The number of azide groups is 1. The Balaban J connectivity index is 1.80. The van der Waals surface area contributed by atoms with Crippen molar-refractivity contribution in [2.45, 2.75) is 38.2 Å². The second kappa shape index (κ2) is 14.3. The van der Waals surface area contributed by atoms with Crippen LogP contribution in [-0.2, 0) is 34.0 Å². The van der Waals surface area contributed by atoms with Gasteiger partial charge in [-0.15, -0.1) is 0 Å². The zero-order valence-electron chi connectivity index (χ0n) is 18.6. The minimum atomic E-state index is -1.15. The lowest BCUT2D eigenvalue weighted by molar-refractivity contribution is -0.123. The summed E-state index contributed by atoms with van der Waals surface area (Å²) in [6.07, 6.45) is -2.69. The second-order valence-corrected chi connectivity index (χ2v) is 7.42. The van der Waals surface area contributed by atoms with Crippen LogP contribution in [-0.4, -0.2) is 25.0 Å². The van der Waals surface area contributed by atoms with Crippen molar-refractivity contribution in [1.29, 1.82) is 0 Å². The van der Waals surface area contributed by atoms with E-state index in [9.17, 15) is 0 Å². The van der Waals surface area contributed by atoms with E-state index in [-0.39, 0.29) is 19.8 Å². The van der Waals surface area contributed by atoms with Gasteiger partial charge in [-0.25, -0.2) is 0 Å². The number of nitrogens with zero attached hydrogens (tertiary/aromatic N) is 6. The highest BCUT2D eigenvalue weighted by atomic mass is 16.6. The Morgan fingerprint density at radius 3 is 1.53 bits per heavy atom. The Labute approximate surface area is 198 Å². The van der Waals surface area contributed by atoms with Gasteiger partial charge in [-0.05, 0) is 27.8 Å². The lowest BCUT2D eigenvalue weighted by atomic mass is 10.1. The van der Waals surface area contributed by atoms with Crippen LogP contribution in [0.25, 0.3) is 20.9 Å². The number of hydrogen-bond donors (Lipinski definition) is 0. The molecule has 174 valence electrons. The largest absolute Gasteiger partial charge is 0.374 e. The Morgan fingerprint density at radius 2 is 1.06 bits per heavy atom. The van der Waals surface area contributed by atoms with Gasteiger partial charge in [0, 0.05) is 9.82 Å². The molecule has 0 heterocycles. The molecular weight excluding hydrogens is 432 g/mol. The van der Waals surface area contributed by atoms with E-state index >= 15 is 0 Å². The van der Waals surface area contributed by atoms with E-state index in [1.165, 1.54) is 0 Å². The van der Waals surface area contributed by atoms with E-state index in [1.807, 2.05) is 91.0 Å². The SMILES string of the molecule is [N-]=[N+]=NC(N=[N+]=[N-])[C@H](OCc1ccccc1)[C@@H](COCc1ccccc1)OCc1ccccc1. The maximum atomic E-state index is 9.06. The molecule has 0 unspecified atom stereocenters. The number of rotatable bonds is 14. The Hall–Kier alpha value is -3.84. The minimum absolute atomic E-state index is 0.138. The average molecular weight is 459 g/mol. The van der Waals surface area contributed by atoms with Crippen LogP contribution in [0.5, 0.6) is 0 Å². The van der Waals surface area contributed by atoms with Crippen molar-refractivity contribution in [3.8, 4) is 0 Å². The molecule has 0 aliphatic heterocycles. The van der Waals surface area contributed by atoms with Crippen molar-refractivity contribution < 1.29 is 14.2 Å². The van der Waals surface area contributed by atoms with Crippen LogP contribution in [0.15, 0.2) is 101 Å². The lowest BCUT2D eigenvalue weighted by Crippen LogP contribution is -2.42. The van der Waals surface area contributed by atoms with E-state index in [4.69, 9.17) is 25.3 Å². The first kappa shape index (κ1) is 24.8. The zero-order chi connectivity index (χ0) is 23.8. The first-order valence-corrected chi connectivity index (χ1v) is 10.8. The minimum Gasteiger partial charge on any atom is -0.374 e. The van der Waals surface area contributed by atoms with Crippen molar-refractivity contribution in [1.82, 2.24) is 0 Å². The van der Waals surface area contributed by atoms with Gasteiger partial charge in [-0.2, -0.15) is 0 Å². The van der Waals surface area contributed by atoms with E-state index in [2.05, 4.69) is 20.1 Å². The molecule has 0 fully saturated rings. The summed E-state index contributed by atoms with van der Waals surface area (Å²) in [7, 11) is 0. The third-order valence-corrected chi connectivity index (χ3v) is 4.99. The van der Waals surface area contributed by atoms with Crippen molar-refractivity contribution in [2.24, 2.45) is 10.2 Å². The molecule has 0 bridgehead atoms. The van der Waals surface area contributed by atoms with Gasteiger partial charge in [-0.3, -0.25) is 0 Å². The first-order chi connectivity index (χ1) is 16.8. The molecule has 3 rings (SSSR count). The molecule has 34 heavy (non-hydrogen) atoms. The Kier molecular flexibility index (Phi) is 10.5. The molecule has 9 nitrogen and oxygen atoms in total. The summed E-state index contributed by atoms with van der Waals surface area (Å²) in [6.45, 7) is 1.00. The Morgan fingerprint density at radius 1 is 0.618 bits per heavy atom. The summed E-state index contributed by atoms with van der Waals surface area (Å²) in [5.74, 6) is 0. The summed E-state index contributed by atoms with van der Waals surface area (Å²) in [5.41, 5.74) is 21.0. The van der Waals surface area contributed by atoms with Gasteiger partial charge in [0.15, 0.2) is 0 Å². The Bertz CT molecular complexity index is 1050. The summed E-state index contributed by atoms with van der Waals surface area (Å²) in [4.78, 5) is 5.69. The normalized spacial score (nSPS) is 13.2. The second-order valence-electron chi connectivity index (χ2n) is 7.42. The topological polar surface area (TPSA) is 125 Å². The summed E-state index contributed by atoms with van der Waals surface area (Å²) in [5, 5.41) is 7.34. The van der Waals surface area contributed by atoms with Gasteiger partial charge in [0.25, 0.3) is 0 Å². The number of hydrogen-bond acceptors (Lipinski definition) is 5. The lowest BCUT2D eigenvalue weighted by Gasteiger charge is -2.30. The molecular formula is C25H26N6O3. The molecule has 0 saturated carbocycles. The molecule has 2 atom stereocenters. The predicted octanol–water partition coefficient (Wildman–Crippen LogP) is 6.32. The van der Waals surface area contributed by atoms with E-state index in [1.54, 1.807) is 0 Å². The monoisotopic (exact) mass is 458 g/mol. The summed E-state index contributed by atoms with van der Waals surface area (Å²) < 4.78 is 18.2. The molecule has 3 aromatic carbocycles. The van der Waals surface area contributed by atoms with Crippen LogP contribution in [0, 0.1) is 0 Å². The first-order valence-electron chi connectivity index (χ1n) is 10.8. The van der Waals surface area contributed by atoms with Gasteiger partial charge < -0.3 is 14.2 Å². The molecule has 9 heteroatoms. The van der Waals surface area contributed by atoms with E-state index < -0.39 is 18.4 Å². The molecule has 0 aliphatic rings. The molecule has 0 saturated heterocycles. The van der Waals surface area contributed by atoms with Gasteiger partial charge in [0.2, 0.25) is 0 Å². The maximum absolute atomic E-state index is 9.06. The third kappa shape index (κ3) is 8.26. The molecule has 0 aliphatic carbocycles. The maximum Gasteiger partial charge on any atom is 0.144 e. The number of ether oxygens (including phenoxy) is 3. The van der Waals surface area contributed by atoms with Crippen LogP contribution in [0.1, 0.15) is 16.7 Å². The van der Waals surface area contributed by atoms with Gasteiger partial charge in [0.1, 0.15) is 18.4 Å².